The molecule has 1 saturated heterocycles. The maximum absolute atomic E-state index is 14.7. The topological polar surface area (TPSA) is 79.4 Å². The molecule has 0 radical (unpaired) electrons. The van der Waals surface area contributed by atoms with Crippen LogP contribution in [0.25, 0.3) is 11.3 Å². The fourth-order valence-corrected chi connectivity index (χ4v) is 3.96. The average molecular weight is 471 g/mol. The van der Waals surface area contributed by atoms with Crippen LogP contribution in [0.1, 0.15) is 37.5 Å². The van der Waals surface area contributed by atoms with Crippen LogP contribution in [0.3, 0.4) is 0 Å². The summed E-state index contributed by atoms with van der Waals surface area (Å²) in [5.41, 5.74) is -1.02. The second-order valence-corrected chi connectivity index (χ2v) is 8.03. The molecule has 178 valence electrons. The van der Waals surface area contributed by atoms with Gasteiger partial charge in [0.2, 0.25) is 6.10 Å². The van der Waals surface area contributed by atoms with Gasteiger partial charge in [-0.1, -0.05) is 6.92 Å². The summed E-state index contributed by atoms with van der Waals surface area (Å²) in [7, 11) is 0. The third-order valence-electron chi connectivity index (χ3n) is 5.64. The van der Waals surface area contributed by atoms with E-state index in [1.165, 1.54) is 25.3 Å². The van der Waals surface area contributed by atoms with Crippen LogP contribution in [-0.2, 0) is 10.7 Å². The third-order valence-corrected chi connectivity index (χ3v) is 5.64. The zero-order valence-corrected chi connectivity index (χ0v) is 17.8. The Hall–Kier alpha value is -3.02. The van der Waals surface area contributed by atoms with Crippen LogP contribution in [0.15, 0.2) is 24.4 Å². The van der Waals surface area contributed by atoms with E-state index in [1.807, 2.05) is 11.8 Å². The summed E-state index contributed by atoms with van der Waals surface area (Å²) in [6.07, 6.45) is -8.15. The first kappa shape index (κ1) is 23.1. The minimum Gasteiger partial charge on any atom is -0.431 e. The van der Waals surface area contributed by atoms with Crippen LogP contribution in [0.5, 0.6) is 0 Å². The molecule has 33 heavy (non-hydrogen) atoms. The number of halogens is 5. The monoisotopic (exact) mass is 471 g/mol. The number of carbonyl (C=O) groups is 1. The van der Waals surface area contributed by atoms with Gasteiger partial charge >= 0.3 is 12.3 Å². The van der Waals surface area contributed by atoms with Crippen LogP contribution in [0.2, 0.25) is 0 Å². The van der Waals surface area contributed by atoms with Crippen molar-refractivity contribution in [3.8, 4) is 11.3 Å². The molecule has 1 amide bonds. The van der Waals surface area contributed by atoms with Crippen molar-refractivity contribution in [2.75, 3.05) is 29.9 Å². The lowest BCUT2D eigenvalue weighted by atomic mass is 9.96. The number of fused-ring (bicyclic) bond motifs is 1. The van der Waals surface area contributed by atoms with Crippen molar-refractivity contribution in [2.24, 2.45) is 0 Å². The largest absolute Gasteiger partial charge is 0.431 e. The molecule has 0 spiro atoms. The number of cyclic esters (lactones) is 1. The van der Waals surface area contributed by atoms with Crippen LogP contribution >= 0.6 is 0 Å². The van der Waals surface area contributed by atoms with Gasteiger partial charge in [-0.15, -0.1) is 0 Å². The fraction of sp³-hybridized carbons (Fsp3) is 0.476. The molecule has 0 bridgehead atoms. The van der Waals surface area contributed by atoms with Crippen molar-refractivity contribution in [1.29, 1.82) is 0 Å². The number of hydrogen-bond donors (Lipinski definition) is 2. The van der Waals surface area contributed by atoms with E-state index >= 15 is 0 Å². The average Bonchev–Trinajstić information content (AvgIpc) is 2.77. The van der Waals surface area contributed by atoms with E-state index in [0.717, 1.165) is 6.07 Å². The highest BCUT2D eigenvalue weighted by Gasteiger charge is 2.49. The molecular weight excluding hydrogens is 449 g/mol. The molecule has 0 saturated carbocycles. The molecule has 1 fully saturated rings. The molecule has 12 heteroatoms. The van der Waals surface area contributed by atoms with Gasteiger partial charge in [0.05, 0.1) is 11.3 Å². The molecule has 2 N–H and O–H groups in total. The minimum atomic E-state index is -4.94. The molecule has 2 aromatic heterocycles. The lowest BCUT2D eigenvalue weighted by molar-refractivity contribution is -0.206. The lowest BCUT2D eigenvalue weighted by Gasteiger charge is -2.34. The molecule has 4 heterocycles. The van der Waals surface area contributed by atoms with Crippen LogP contribution in [0, 0.1) is 0 Å². The molecule has 0 unspecified atom stereocenters. The Morgan fingerprint density at radius 2 is 2.00 bits per heavy atom. The number of piperazine rings is 1. The number of amides is 1. The predicted molar refractivity (Wildman–Crippen MR) is 110 cm³/mol. The van der Waals surface area contributed by atoms with Gasteiger partial charge < -0.3 is 15.0 Å². The van der Waals surface area contributed by atoms with Gasteiger partial charge in [0.25, 0.3) is 5.92 Å². The van der Waals surface area contributed by atoms with Gasteiger partial charge in [-0.2, -0.15) is 13.2 Å². The van der Waals surface area contributed by atoms with Crippen molar-refractivity contribution < 1.29 is 31.5 Å². The number of ether oxygens (including phenoxy) is 1. The molecule has 4 rings (SSSR count). The number of aromatic nitrogens is 2. The number of anilines is 2. The maximum atomic E-state index is 14.7. The van der Waals surface area contributed by atoms with Gasteiger partial charge in [0.15, 0.2) is 0 Å². The van der Waals surface area contributed by atoms with E-state index in [4.69, 9.17) is 0 Å². The van der Waals surface area contributed by atoms with Crippen LogP contribution < -0.4 is 15.5 Å². The molecule has 2 aromatic rings. The van der Waals surface area contributed by atoms with Crippen molar-refractivity contribution in [3.63, 3.8) is 0 Å². The smallest absolute Gasteiger partial charge is 0.430 e. The second-order valence-electron chi connectivity index (χ2n) is 8.03. The number of nitrogens with one attached hydrogen (secondary N) is 2. The summed E-state index contributed by atoms with van der Waals surface area (Å²) in [5.74, 6) is -3.33. The Morgan fingerprint density at radius 3 is 2.67 bits per heavy atom. The molecule has 2 aliphatic rings. The summed E-state index contributed by atoms with van der Waals surface area (Å²) in [5, 5.41) is 5.39. The highest BCUT2D eigenvalue weighted by atomic mass is 19.4. The Balaban J connectivity index is 1.91. The highest BCUT2D eigenvalue weighted by Crippen LogP contribution is 2.46. The predicted octanol–water partition coefficient (Wildman–Crippen LogP) is 4.61. The Morgan fingerprint density at radius 1 is 1.24 bits per heavy atom. The second kappa shape index (κ2) is 8.40. The Bertz CT molecular complexity index is 1060. The molecule has 0 aromatic carbocycles. The lowest BCUT2D eigenvalue weighted by Crippen LogP contribution is -2.49. The molecule has 2 aliphatic heterocycles. The number of carbonyl (C=O) groups excluding carboxylic acids is 1. The van der Waals surface area contributed by atoms with Gasteiger partial charge in [-0.25, -0.2) is 23.5 Å². The van der Waals surface area contributed by atoms with Crippen molar-refractivity contribution >= 4 is 17.7 Å². The summed E-state index contributed by atoms with van der Waals surface area (Å²) in [6, 6.07) is 3.68. The number of nitrogens with zero attached hydrogens (tertiary/aromatic N) is 3. The van der Waals surface area contributed by atoms with E-state index in [-0.39, 0.29) is 34.5 Å². The van der Waals surface area contributed by atoms with Gasteiger partial charge in [-0.3, -0.25) is 5.32 Å². The SMILES string of the molecule is CCC(F)(F)c1cc(-c2ccnc3c2[C@H](C(F)(F)F)OC(=O)N3)nc(N2CCN[C@@H](C)C2)c1. The van der Waals surface area contributed by atoms with Crippen molar-refractivity contribution in [1.82, 2.24) is 15.3 Å². The standard InChI is InChI=1S/C21H22F5N5O2/c1-3-20(22,23)12-8-14(29-15(9-12)31-7-6-27-11(2)10-31)13-4-5-28-18-16(13)17(21(24,25)26)33-19(32)30-18/h4-5,8-9,11,17,27H,3,6-7,10H2,1-2H3,(H,28,30,32)/t11-,17+/m0/s1. The normalized spacial score (nSPS) is 21.3. The Labute approximate surface area is 186 Å². The number of rotatable bonds is 4. The summed E-state index contributed by atoms with van der Waals surface area (Å²) in [4.78, 5) is 21.7. The van der Waals surface area contributed by atoms with E-state index < -0.39 is 36.3 Å². The third kappa shape index (κ3) is 4.56. The zero-order valence-electron chi connectivity index (χ0n) is 17.8. The number of hydrogen-bond acceptors (Lipinski definition) is 6. The highest BCUT2D eigenvalue weighted by molar-refractivity contribution is 5.89. The first-order valence-corrected chi connectivity index (χ1v) is 10.4. The van der Waals surface area contributed by atoms with E-state index in [1.54, 1.807) is 0 Å². The number of alkyl halides is 5. The number of pyridine rings is 2. The van der Waals surface area contributed by atoms with Crippen LogP contribution in [0.4, 0.5) is 38.4 Å². The molecule has 2 atom stereocenters. The van der Waals surface area contributed by atoms with Crippen LogP contribution in [-0.4, -0.2) is 47.9 Å². The fourth-order valence-electron chi connectivity index (χ4n) is 3.96. The van der Waals surface area contributed by atoms with Crippen molar-refractivity contribution in [3.05, 3.63) is 35.5 Å². The summed E-state index contributed by atoms with van der Waals surface area (Å²) in [6.45, 7) is 4.85. The zero-order chi connectivity index (χ0) is 24.0. The molecule has 7 nitrogen and oxygen atoms in total. The van der Waals surface area contributed by atoms with Gasteiger partial charge in [0, 0.05) is 49.4 Å². The van der Waals surface area contributed by atoms with E-state index in [9.17, 15) is 26.7 Å². The van der Waals surface area contributed by atoms with E-state index in [2.05, 4.69) is 25.3 Å². The summed E-state index contributed by atoms with van der Waals surface area (Å²) < 4.78 is 75.2. The van der Waals surface area contributed by atoms with Gasteiger partial charge in [-0.05, 0) is 25.1 Å². The maximum Gasteiger partial charge on any atom is 0.430 e. The van der Waals surface area contributed by atoms with Gasteiger partial charge in [0.1, 0.15) is 11.6 Å². The minimum absolute atomic E-state index is 0.0752. The van der Waals surface area contributed by atoms with Crippen molar-refractivity contribution in [2.45, 2.75) is 44.5 Å². The first-order chi connectivity index (χ1) is 15.5. The Kier molecular flexibility index (Phi) is 5.89. The van der Waals surface area contributed by atoms with E-state index in [0.29, 0.717) is 19.6 Å². The molecule has 0 aliphatic carbocycles. The summed E-state index contributed by atoms with van der Waals surface area (Å²) >= 11 is 0. The molecular formula is C21H22F5N5O2. The first-order valence-electron chi connectivity index (χ1n) is 10.4. The quantitative estimate of drug-likeness (QED) is 0.635.